The van der Waals surface area contributed by atoms with Crippen LogP contribution in [-0.4, -0.2) is 26.2 Å². The highest BCUT2D eigenvalue weighted by atomic mass is 19.1. The summed E-state index contributed by atoms with van der Waals surface area (Å²) in [6, 6.07) is 3.60. The van der Waals surface area contributed by atoms with E-state index in [1.165, 1.54) is 16.9 Å². The highest BCUT2D eigenvalue weighted by molar-refractivity contribution is 5.90. The standard InChI is InChI=1S/C10H10FN5O2/c1-16-14-9(13-15-16)5-18-10(17)6-2-3-7(11)8(12)4-6/h2-4H,5,12H2,1H3. The van der Waals surface area contributed by atoms with Gasteiger partial charge in [-0.3, -0.25) is 0 Å². The van der Waals surface area contributed by atoms with Gasteiger partial charge < -0.3 is 10.5 Å². The van der Waals surface area contributed by atoms with Crippen LogP contribution >= 0.6 is 0 Å². The van der Waals surface area contributed by atoms with Gasteiger partial charge in [0.1, 0.15) is 5.82 Å². The van der Waals surface area contributed by atoms with E-state index in [-0.39, 0.29) is 23.7 Å². The smallest absolute Gasteiger partial charge is 0.338 e. The second-order valence-corrected chi connectivity index (χ2v) is 3.51. The maximum absolute atomic E-state index is 12.9. The molecule has 0 atom stereocenters. The molecule has 0 aliphatic carbocycles. The Morgan fingerprint density at radius 1 is 1.56 bits per heavy atom. The first-order valence-electron chi connectivity index (χ1n) is 5.01. The maximum atomic E-state index is 12.9. The van der Waals surface area contributed by atoms with Gasteiger partial charge in [0.25, 0.3) is 0 Å². The lowest BCUT2D eigenvalue weighted by atomic mass is 10.2. The molecule has 0 saturated heterocycles. The highest BCUT2D eigenvalue weighted by Crippen LogP contribution is 2.13. The lowest BCUT2D eigenvalue weighted by molar-refractivity contribution is 0.0462. The topological polar surface area (TPSA) is 95.9 Å². The van der Waals surface area contributed by atoms with Crippen LogP contribution in [0.5, 0.6) is 0 Å². The van der Waals surface area contributed by atoms with Crippen molar-refractivity contribution in [2.24, 2.45) is 7.05 Å². The van der Waals surface area contributed by atoms with Gasteiger partial charge in [-0.15, -0.1) is 10.2 Å². The number of tetrazole rings is 1. The summed E-state index contributed by atoms with van der Waals surface area (Å²) < 4.78 is 17.8. The van der Waals surface area contributed by atoms with Gasteiger partial charge in [0.15, 0.2) is 6.61 Å². The van der Waals surface area contributed by atoms with E-state index in [4.69, 9.17) is 10.5 Å². The SMILES string of the molecule is Cn1nnc(COC(=O)c2ccc(F)c(N)c2)n1. The van der Waals surface area contributed by atoms with Crippen LogP contribution in [0.4, 0.5) is 10.1 Å². The van der Waals surface area contributed by atoms with Gasteiger partial charge >= 0.3 is 5.97 Å². The first-order chi connectivity index (χ1) is 8.56. The molecular weight excluding hydrogens is 241 g/mol. The molecule has 0 saturated carbocycles. The molecule has 0 aliphatic rings. The number of ether oxygens (including phenoxy) is 1. The molecule has 18 heavy (non-hydrogen) atoms. The first-order valence-corrected chi connectivity index (χ1v) is 5.01. The van der Waals surface area contributed by atoms with E-state index in [0.29, 0.717) is 0 Å². The second kappa shape index (κ2) is 4.78. The van der Waals surface area contributed by atoms with Crippen molar-refractivity contribution in [2.45, 2.75) is 6.61 Å². The van der Waals surface area contributed by atoms with Crippen molar-refractivity contribution in [3.05, 3.63) is 35.4 Å². The maximum Gasteiger partial charge on any atom is 0.338 e. The van der Waals surface area contributed by atoms with Crippen molar-refractivity contribution >= 4 is 11.7 Å². The van der Waals surface area contributed by atoms with E-state index in [9.17, 15) is 9.18 Å². The van der Waals surface area contributed by atoms with Gasteiger partial charge in [-0.1, -0.05) is 0 Å². The Kier molecular flexibility index (Phi) is 3.18. The molecule has 0 fully saturated rings. The van der Waals surface area contributed by atoms with Crippen molar-refractivity contribution in [1.29, 1.82) is 0 Å². The number of carbonyl (C=O) groups excluding carboxylic acids is 1. The molecule has 0 amide bonds. The van der Waals surface area contributed by atoms with Crippen LogP contribution in [-0.2, 0) is 18.4 Å². The first kappa shape index (κ1) is 12.0. The summed E-state index contributed by atoms with van der Waals surface area (Å²) in [5.41, 5.74) is 5.40. The van der Waals surface area contributed by atoms with Crippen LogP contribution in [0.3, 0.4) is 0 Å². The van der Waals surface area contributed by atoms with Crippen LogP contribution in [0.25, 0.3) is 0 Å². The Hall–Kier alpha value is -2.51. The Balaban J connectivity index is 2.01. The summed E-state index contributed by atoms with van der Waals surface area (Å²) in [5.74, 6) is -0.933. The zero-order valence-electron chi connectivity index (χ0n) is 9.50. The molecule has 94 valence electrons. The number of nitrogens with zero attached hydrogens (tertiary/aromatic N) is 4. The van der Waals surface area contributed by atoms with Crippen molar-refractivity contribution in [1.82, 2.24) is 20.2 Å². The molecule has 2 rings (SSSR count). The monoisotopic (exact) mass is 251 g/mol. The summed E-state index contributed by atoms with van der Waals surface area (Å²) >= 11 is 0. The average Bonchev–Trinajstić information content (AvgIpc) is 2.75. The Morgan fingerprint density at radius 3 is 2.94 bits per heavy atom. The molecule has 0 aliphatic heterocycles. The Morgan fingerprint density at radius 2 is 2.33 bits per heavy atom. The quantitative estimate of drug-likeness (QED) is 0.622. The fraction of sp³-hybridized carbons (Fsp3) is 0.200. The third-order valence-corrected chi connectivity index (χ3v) is 2.11. The van der Waals surface area contributed by atoms with Gasteiger partial charge in [0, 0.05) is 0 Å². The zero-order chi connectivity index (χ0) is 13.1. The van der Waals surface area contributed by atoms with E-state index in [1.807, 2.05) is 0 Å². The predicted octanol–water partition coefficient (Wildman–Crippen LogP) is 0.288. The Bertz CT molecular complexity index is 583. The molecular formula is C10H10FN5O2. The number of halogens is 1. The Labute approximate surface area is 101 Å². The number of benzene rings is 1. The fourth-order valence-electron chi connectivity index (χ4n) is 1.27. The molecule has 2 N–H and O–H groups in total. The third-order valence-electron chi connectivity index (χ3n) is 2.11. The molecule has 1 aromatic carbocycles. The van der Waals surface area contributed by atoms with Crippen LogP contribution in [0.15, 0.2) is 18.2 Å². The number of esters is 1. The van der Waals surface area contributed by atoms with Gasteiger partial charge in [0.05, 0.1) is 18.3 Å². The number of anilines is 1. The van der Waals surface area contributed by atoms with Crippen molar-refractivity contribution in [2.75, 3.05) is 5.73 Å². The number of aromatic nitrogens is 4. The summed E-state index contributed by atoms with van der Waals surface area (Å²) in [7, 11) is 1.60. The largest absolute Gasteiger partial charge is 0.454 e. The molecule has 0 radical (unpaired) electrons. The predicted molar refractivity (Wildman–Crippen MR) is 58.7 cm³/mol. The summed E-state index contributed by atoms with van der Waals surface area (Å²) in [6.07, 6.45) is 0. The fourth-order valence-corrected chi connectivity index (χ4v) is 1.27. The number of hydrogen-bond acceptors (Lipinski definition) is 6. The van der Waals surface area contributed by atoms with Crippen LogP contribution in [0, 0.1) is 5.82 Å². The molecule has 0 spiro atoms. The number of nitrogen functional groups attached to an aromatic ring is 1. The molecule has 8 heteroatoms. The van der Waals surface area contributed by atoms with E-state index in [1.54, 1.807) is 7.05 Å². The highest BCUT2D eigenvalue weighted by Gasteiger charge is 2.11. The lowest BCUT2D eigenvalue weighted by Crippen LogP contribution is -2.07. The molecule has 1 heterocycles. The summed E-state index contributed by atoms with van der Waals surface area (Å²) in [5, 5.41) is 11.1. The van der Waals surface area contributed by atoms with Crippen molar-refractivity contribution in [3.63, 3.8) is 0 Å². The van der Waals surface area contributed by atoms with E-state index in [2.05, 4.69) is 15.4 Å². The normalized spacial score (nSPS) is 10.3. The lowest BCUT2D eigenvalue weighted by Gasteiger charge is -2.03. The summed E-state index contributed by atoms with van der Waals surface area (Å²) in [6.45, 7) is -0.107. The third kappa shape index (κ3) is 2.59. The molecule has 0 unspecified atom stereocenters. The number of nitrogens with two attached hydrogens (primary N) is 1. The van der Waals surface area contributed by atoms with Crippen molar-refractivity contribution in [3.8, 4) is 0 Å². The van der Waals surface area contributed by atoms with Gasteiger partial charge in [-0.2, -0.15) is 4.80 Å². The number of hydrogen-bond donors (Lipinski definition) is 1. The molecule has 2 aromatic rings. The minimum atomic E-state index is -0.630. The second-order valence-electron chi connectivity index (χ2n) is 3.51. The van der Waals surface area contributed by atoms with Gasteiger partial charge in [-0.25, -0.2) is 9.18 Å². The number of rotatable bonds is 3. The van der Waals surface area contributed by atoms with E-state index >= 15 is 0 Å². The average molecular weight is 251 g/mol. The van der Waals surface area contributed by atoms with Crippen molar-refractivity contribution < 1.29 is 13.9 Å². The number of carbonyl (C=O) groups is 1. The zero-order valence-corrected chi connectivity index (χ0v) is 9.50. The summed E-state index contributed by atoms with van der Waals surface area (Å²) in [4.78, 5) is 12.9. The van der Waals surface area contributed by atoms with Crippen LogP contribution in [0.1, 0.15) is 16.2 Å². The van der Waals surface area contributed by atoms with Crippen LogP contribution in [0.2, 0.25) is 0 Å². The molecule has 7 nitrogen and oxygen atoms in total. The van der Waals surface area contributed by atoms with Gasteiger partial charge in [-0.05, 0) is 23.4 Å². The van der Waals surface area contributed by atoms with Gasteiger partial charge in [0.2, 0.25) is 5.82 Å². The van der Waals surface area contributed by atoms with Crippen LogP contribution < -0.4 is 5.73 Å². The molecule has 1 aromatic heterocycles. The minimum absolute atomic E-state index is 0.107. The molecule has 0 bridgehead atoms. The number of aryl methyl sites for hydroxylation is 1. The van der Waals surface area contributed by atoms with E-state index in [0.717, 1.165) is 6.07 Å². The minimum Gasteiger partial charge on any atom is -0.454 e. The van der Waals surface area contributed by atoms with E-state index < -0.39 is 11.8 Å².